The van der Waals surface area contributed by atoms with Gasteiger partial charge in [-0.2, -0.15) is 0 Å². The Balaban J connectivity index is 0.000000231. The van der Waals surface area contributed by atoms with Crippen LogP contribution >= 0.6 is 0 Å². The fourth-order valence-electron chi connectivity index (χ4n) is 3.93. The highest BCUT2D eigenvalue weighted by atomic mass is 15.2. The number of rotatable bonds is 4. The van der Waals surface area contributed by atoms with Crippen LogP contribution < -0.4 is 0 Å². The molecule has 0 radical (unpaired) electrons. The molecule has 138 valence electrons. The summed E-state index contributed by atoms with van der Waals surface area (Å²) in [5.74, 6) is 3.70. The van der Waals surface area contributed by atoms with Crippen LogP contribution in [0.2, 0.25) is 0 Å². The molecular weight excluding hydrogens is 280 g/mol. The first-order valence-electron chi connectivity index (χ1n) is 10.2. The van der Waals surface area contributed by atoms with Gasteiger partial charge in [0.2, 0.25) is 0 Å². The first kappa shape index (κ1) is 21.0. The van der Waals surface area contributed by atoms with E-state index < -0.39 is 0 Å². The van der Waals surface area contributed by atoms with Crippen LogP contribution in [0, 0.1) is 23.7 Å². The quantitative estimate of drug-likeness (QED) is 0.707. The summed E-state index contributed by atoms with van der Waals surface area (Å²) in [5.41, 5.74) is 0. The fourth-order valence-corrected chi connectivity index (χ4v) is 3.93. The maximum Gasteiger partial charge on any atom is 0.00387 e. The normalized spacial score (nSPS) is 24.8. The SMILES string of the molecule is CC(C)C1CCN(C(C)C)C1.CC(C)C1CCN(C(C)C)CC1. The highest BCUT2D eigenvalue weighted by Gasteiger charge is 2.25. The third-order valence-electron chi connectivity index (χ3n) is 6.18. The Morgan fingerprint density at radius 1 is 0.565 bits per heavy atom. The second-order valence-electron chi connectivity index (χ2n) is 9.09. The molecule has 0 aliphatic carbocycles. The Hall–Kier alpha value is -0.0800. The summed E-state index contributed by atoms with van der Waals surface area (Å²) in [6, 6.07) is 1.50. The van der Waals surface area contributed by atoms with E-state index in [2.05, 4.69) is 65.2 Å². The van der Waals surface area contributed by atoms with Crippen LogP contribution in [-0.4, -0.2) is 48.1 Å². The molecule has 2 saturated heterocycles. The summed E-state index contributed by atoms with van der Waals surface area (Å²) < 4.78 is 0. The molecule has 2 aliphatic heterocycles. The number of hydrogen-bond acceptors (Lipinski definition) is 2. The van der Waals surface area contributed by atoms with Crippen molar-refractivity contribution in [3.8, 4) is 0 Å². The summed E-state index contributed by atoms with van der Waals surface area (Å²) in [7, 11) is 0. The topological polar surface area (TPSA) is 6.48 Å². The molecule has 1 atom stereocenters. The van der Waals surface area contributed by atoms with E-state index in [0.29, 0.717) is 0 Å². The maximum absolute atomic E-state index is 2.60. The van der Waals surface area contributed by atoms with E-state index in [1.165, 1.54) is 45.4 Å². The predicted octanol–water partition coefficient (Wildman–Crippen LogP) is 5.14. The van der Waals surface area contributed by atoms with Gasteiger partial charge in [-0.15, -0.1) is 0 Å². The molecule has 0 aromatic rings. The molecule has 0 aromatic heterocycles. The fraction of sp³-hybridized carbons (Fsp3) is 1.00. The molecule has 23 heavy (non-hydrogen) atoms. The zero-order valence-corrected chi connectivity index (χ0v) is 17.3. The number of piperidine rings is 1. The minimum Gasteiger partial charge on any atom is -0.301 e. The zero-order chi connectivity index (χ0) is 17.6. The standard InChI is InChI=1S/C11H23N.C10H21N/c1-9(2)11-5-7-12(8-6-11)10(3)4;1-8(2)10-5-6-11(7-10)9(3)4/h9-11H,5-8H2,1-4H3;8-10H,5-7H2,1-4H3. The molecule has 2 nitrogen and oxygen atoms in total. The molecule has 2 fully saturated rings. The Labute approximate surface area is 147 Å². The summed E-state index contributed by atoms with van der Waals surface area (Å²) >= 11 is 0. The van der Waals surface area contributed by atoms with E-state index in [1.54, 1.807) is 0 Å². The van der Waals surface area contributed by atoms with Crippen LogP contribution in [0.3, 0.4) is 0 Å². The third kappa shape index (κ3) is 7.13. The van der Waals surface area contributed by atoms with Gasteiger partial charge in [-0.05, 0) is 90.3 Å². The molecule has 0 spiro atoms. The van der Waals surface area contributed by atoms with Gasteiger partial charge in [0.25, 0.3) is 0 Å². The highest BCUT2D eigenvalue weighted by molar-refractivity contribution is 4.79. The van der Waals surface area contributed by atoms with Gasteiger partial charge in [0.15, 0.2) is 0 Å². The van der Waals surface area contributed by atoms with E-state index >= 15 is 0 Å². The monoisotopic (exact) mass is 324 g/mol. The molecule has 0 saturated carbocycles. The first-order valence-corrected chi connectivity index (χ1v) is 10.2. The lowest BCUT2D eigenvalue weighted by molar-refractivity contribution is 0.129. The summed E-state index contributed by atoms with van der Waals surface area (Å²) in [5, 5.41) is 0. The van der Waals surface area contributed by atoms with E-state index in [-0.39, 0.29) is 0 Å². The third-order valence-corrected chi connectivity index (χ3v) is 6.18. The van der Waals surface area contributed by atoms with Crippen molar-refractivity contribution in [1.29, 1.82) is 0 Å². The zero-order valence-electron chi connectivity index (χ0n) is 17.3. The maximum atomic E-state index is 2.60. The lowest BCUT2D eigenvalue weighted by atomic mass is 9.86. The minimum atomic E-state index is 0.748. The molecule has 0 aromatic carbocycles. The van der Waals surface area contributed by atoms with Gasteiger partial charge < -0.3 is 9.80 Å². The van der Waals surface area contributed by atoms with E-state index in [1.807, 2.05) is 0 Å². The summed E-state index contributed by atoms with van der Waals surface area (Å²) in [6.45, 7) is 23.9. The molecule has 2 rings (SSSR count). The van der Waals surface area contributed by atoms with Crippen LogP contribution in [0.25, 0.3) is 0 Å². The molecular formula is C21H44N2. The predicted molar refractivity (Wildman–Crippen MR) is 104 cm³/mol. The summed E-state index contributed by atoms with van der Waals surface area (Å²) in [4.78, 5) is 5.18. The van der Waals surface area contributed by atoms with Gasteiger partial charge in [-0.1, -0.05) is 27.7 Å². The van der Waals surface area contributed by atoms with Crippen molar-refractivity contribution in [3.63, 3.8) is 0 Å². The van der Waals surface area contributed by atoms with E-state index in [4.69, 9.17) is 0 Å². The van der Waals surface area contributed by atoms with Crippen LogP contribution in [0.1, 0.15) is 74.7 Å². The molecule has 2 aliphatic rings. The average molecular weight is 325 g/mol. The lowest BCUT2D eigenvalue weighted by Gasteiger charge is -2.36. The number of hydrogen-bond donors (Lipinski definition) is 0. The largest absolute Gasteiger partial charge is 0.301 e. The van der Waals surface area contributed by atoms with E-state index in [9.17, 15) is 0 Å². The van der Waals surface area contributed by atoms with Gasteiger partial charge in [-0.25, -0.2) is 0 Å². The first-order chi connectivity index (χ1) is 10.7. The Bertz CT molecular complexity index is 271. The van der Waals surface area contributed by atoms with Crippen molar-refractivity contribution in [2.24, 2.45) is 23.7 Å². The Morgan fingerprint density at radius 3 is 1.26 bits per heavy atom. The molecule has 1 unspecified atom stereocenters. The van der Waals surface area contributed by atoms with Crippen molar-refractivity contribution >= 4 is 0 Å². The van der Waals surface area contributed by atoms with Crippen LogP contribution in [0.4, 0.5) is 0 Å². The number of likely N-dealkylation sites (tertiary alicyclic amines) is 2. The molecule has 2 heterocycles. The highest BCUT2D eigenvalue weighted by Crippen LogP contribution is 2.25. The van der Waals surface area contributed by atoms with Crippen molar-refractivity contribution in [2.75, 3.05) is 26.2 Å². The second kappa shape index (κ2) is 10.0. The van der Waals surface area contributed by atoms with Crippen molar-refractivity contribution < 1.29 is 0 Å². The summed E-state index contributed by atoms with van der Waals surface area (Å²) in [6.07, 6.45) is 4.24. The molecule has 0 bridgehead atoms. The Kier molecular flexibility index (Phi) is 9.15. The van der Waals surface area contributed by atoms with Crippen LogP contribution in [-0.2, 0) is 0 Å². The molecule has 2 heteroatoms. The van der Waals surface area contributed by atoms with Gasteiger partial charge in [-0.3, -0.25) is 0 Å². The van der Waals surface area contributed by atoms with Gasteiger partial charge in [0.05, 0.1) is 0 Å². The van der Waals surface area contributed by atoms with E-state index in [0.717, 1.165) is 35.8 Å². The van der Waals surface area contributed by atoms with Gasteiger partial charge in [0.1, 0.15) is 0 Å². The van der Waals surface area contributed by atoms with Crippen LogP contribution in [0.15, 0.2) is 0 Å². The molecule has 0 amide bonds. The Morgan fingerprint density at radius 2 is 0.957 bits per heavy atom. The van der Waals surface area contributed by atoms with Crippen molar-refractivity contribution in [1.82, 2.24) is 9.80 Å². The van der Waals surface area contributed by atoms with Crippen molar-refractivity contribution in [3.05, 3.63) is 0 Å². The van der Waals surface area contributed by atoms with Gasteiger partial charge >= 0.3 is 0 Å². The molecule has 0 N–H and O–H groups in total. The smallest absolute Gasteiger partial charge is 0.00387 e. The van der Waals surface area contributed by atoms with Crippen molar-refractivity contribution in [2.45, 2.75) is 86.7 Å². The lowest BCUT2D eigenvalue weighted by Crippen LogP contribution is -2.39. The minimum absolute atomic E-state index is 0.748. The van der Waals surface area contributed by atoms with Crippen LogP contribution in [0.5, 0.6) is 0 Å². The van der Waals surface area contributed by atoms with Gasteiger partial charge in [0, 0.05) is 18.6 Å². The average Bonchev–Trinajstić information content (AvgIpc) is 2.98. The number of nitrogens with zero attached hydrogens (tertiary/aromatic N) is 2. The second-order valence-corrected chi connectivity index (χ2v) is 9.09.